The van der Waals surface area contributed by atoms with Crippen molar-refractivity contribution in [1.29, 1.82) is 0 Å². The second kappa shape index (κ2) is 9.53. The number of aliphatic hydroxyl groups is 1. The third-order valence-corrected chi connectivity index (χ3v) is 7.44. The van der Waals surface area contributed by atoms with E-state index in [-0.39, 0.29) is 24.0 Å². The molecule has 3 N–H and O–H groups in total. The summed E-state index contributed by atoms with van der Waals surface area (Å²) in [7, 11) is 0. The number of carbonyl (C=O) groups excluding carboxylic acids is 2. The number of hydrogen-bond acceptors (Lipinski definition) is 7. The highest BCUT2D eigenvalue weighted by molar-refractivity contribution is 8.03. The Morgan fingerprint density at radius 2 is 2.17 bits per heavy atom. The molecule has 7 nitrogen and oxygen atoms in total. The molecular formula is C21H33N3O4S. The van der Waals surface area contributed by atoms with Gasteiger partial charge in [0.25, 0.3) is 6.47 Å². The van der Waals surface area contributed by atoms with Crippen molar-refractivity contribution in [3.05, 3.63) is 23.1 Å². The fourth-order valence-electron chi connectivity index (χ4n) is 4.47. The van der Waals surface area contributed by atoms with Crippen molar-refractivity contribution < 1.29 is 19.4 Å². The maximum atomic E-state index is 11.9. The van der Waals surface area contributed by atoms with Crippen LogP contribution in [0.4, 0.5) is 0 Å². The van der Waals surface area contributed by atoms with Gasteiger partial charge in [0.15, 0.2) is 0 Å². The van der Waals surface area contributed by atoms with E-state index in [1.165, 1.54) is 12.1 Å². The molecule has 8 heteroatoms. The van der Waals surface area contributed by atoms with E-state index < -0.39 is 0 Å². The molecule has 4 heterocycles. The van der Waals surface area contributed by atoms with Crippen LogP contribution in [-0.2, 0) is 14.3 Å². The van der Waals surface area contributed by atoms with Gasteiger partial charge >= 0.3 is 0 Å². The Hall–Kier alpha value is -1.51. The molecule has 0 radical (unpaired) electrons. The van der Waals surface area contributed by atoms with E-state index in [1.807, 2.05) is 0 Å². The Morgan fingerprint density at radius 1 is 1.45 bits per heavy atom. The van der Waals surface area contributed by atoms with Crippen molar-refractivity contribution in [2.24, 2.45) is 11.8 Å². The van der Waals surface area contributed by atoms with E-state index >= 15 is 0 Å². The number of rotatable bonds is 6. The molecule has 0 aromatic rings. The van der Waals surface area contributed by atoms with Crippen molar-refractivity contribution in [3.63, 3.8) is 0 Å². The van der Waals surface area contributed by atoms with Gasteiger partial charge in [-0.05, 0) is 33.1 Å². The summed E-state index contributed by atoms with van der Waals surface area (Å²) in [6.07, 6.45) is 3.78. The summed E-state index contributed by atoms with van der Waals surface area (Å²) in [5, 5.41) is 15.5. The number of carbonyl (C=O) groups is 2. The first-order valence-corrected chi connectivity index (χ1v) is 11.4. The zero-order valence-corrected chi connectivity index (χ0v) is 18.3. The average Bonchev–Trinajstić information content (AvgIpc) is 3.30. The summed E-state index contributed by atoms with van der Waals surface area (Å²) in [6.45, 7) is 12.1. The van der Waals surface area contributed by atoms with Crippen LogP contribution >= 0.6 is 11.8 Å². The fraction of sp³-hybridized carbons (Fsp3) is 0.714. The van der Waals surface area contributed by atoms with Gasteiger partial charge in [-0.1, -0.05) is 13.5 Å². The number of nitrogens with one attached hydrogen (secondary N) is 2. The average molecular weight is 424 g/mol. The van der Waals surface area contributed by atoms with Gasteiger partial charge in [-0.3, -0.25) is 14.5 Å². The monoisotopic (exact) mass is 423 g/mol. The van der Waals surface area contributed by atoms with Gasteiger partial charge in [0, 0.05) is 54.4 Å². The Kier molecular flexibility index (Phi) is 7.29. The Balaban J connectivity index is 0.000000552. The molecule has 3 saturated heterocycles. The zero-order chi connectivity index (χ0) is 21.1. The summed E-state index contributed by atoms with van der Waals surface area (Å²) in [4.78, 5) is 25.5. The lowest BCUT2D eigenvalue weighted by atomic mass is 9.94. The van der Waals surface area contributed by atoms with E-state index in [0.29, 0.717) is 36.0 Å². The highest BCUT2D eigenvalue weighted by Gasteiger charge is 2.51. The molecule has 0 spiro atoms. The second-order valence-electron chi connectivity index (χ2n) is 8.56. The third-order valence-electron chi connectivity index (χ3n) is 5.95. The lowest BCUT2D eigenvalue weighted by molar-refractivity contribution is -0.148. The maximum absolute atomic E-state index is 11.9. The molecule has 1 amide bonds. The van der Waals surface area contributed by atoms with E-state index in [4.69, 9.17) is 9.84 Å². The third kappa shape index (κ3) is 4.98. The number of β-lactam (4-membered cyclic amide) rings is 1. The number of amides is 1. The van der Waals surface area contributed by atoms with Crippen molar-refractivity contribution in [2.45, 2.75) is 69.9 Å². The minimum absolute atomic E-state index is 0.0546. The maximum Gasteiger partial charge on any atom is 0.299 e. The smallest absolute Gasteiger partial charge is 0.299 e. The molecule has 0 aromatic heterocycles. The van der Waals surface area contributed by atoms with Gasteiger partial charge in [0.1, 0.15) is 0 Å². The lowest BCUT2D eigenvalue weighted by Crippen LogP contribution is -2.51. The second-order valence-corrected chi connectivity index (χ2v) is 9.90. The number of ether oxygens (including phenoxy) is 1. The molecule has 162 valence electrons. The number of fused-ring (bicyclic) bond motifs is 1. The Morgan fingerprint density at radius 3 is 2.76 bits per heavy atom. The van der Waals surface area contributed by atoms with Crippen molar-refractivity contribution >= 4 is 24.1 Å². The van der Waals surface area contributed by atoms with Crippen LogP contribution in [0.3, 0.4) is 0 Å². The van der Waals surface area contributed by atoms with Gasteiger partial charge in [-0.15, -0.1) is 11.8 Å². The van der Waals surface area contributed by atoms with Crippen LogP contribution in [-0.4, -0.2) is 58.9 Å². The van der Waals surface area contributed by atoms with Gasteiger partial charge in [-0.2, -0.15) is 0 Å². The minimum Gasteiger partial charge on any atom is -0.411 e. The number of aliphatic hydroxyl groups excluding tert-OH is 1. The van der Waals surface area contributed by atoms with Crippen LogP contribution in [0.25, 0.3) is 0 Å². The largest absolute Gasteiger partial charge is 0.411 e. The van der Waals surface area contributed by atoms with Crippen molar-refractivity contribution in [3.8, 4) is 0 Å². The highest BCUT2D eigenvalue weighted by Crippen LogP contribution is 2.49. The van der Waals surface area contributed by atoms with E-state index in [1.54, 1.807) is 30.5 Å². The predicted octanol–water partition coefficient (Wildman–Crippen LogP) is 1.94. The zero-order valence-electron chi connectivity index (χ0n) is 17.5. The topological polar surface area (TPSA) is 90.9 Å². The SMILES string of the molecule is C=C1NCCC1C[C@@H]1CC(SC2=C(OC=O)N3C(=O)CC3C2C)CN1.CC(C)O. The molecule has 4 rings (SSSR count). The molecular weight excluding hydrogens is 390 g/mol. The first kappa shape index (κ1) is 22.2. The molecule has 0 aromatic carbocycles. The van der Waals surface area contributed by atoms with Crippen LogP contribution in [0.1, 0.15) is 46.5 Å². The minimum atomic E-state index is -0.167. The number of hydrogen-bond donors (Lipinski definition) is 3. The summed E-state index contributed by atoms with van der Waals surface area (Å²) in [6, 6.07) is 0.675. The van der Waals surface area contributed by atoms with Crippen LogP contribution < -0.4 is 10.6 Å². The quantitative estimate of drug-likeness (QED) is 0.444. The van der Waals surface area contributed by atoms with E-state index in [0.717, 1.165) is 30.8 Å². The highest BCUT2D eigenvalue weighted by atomic mass is 32.2. The summed E-state index contributed by atoms with van der Waals surface area (Å²) < 4.78 is 5.19. The number of nitrogens with zero attached hydrogens (tertiary/aromatic N) is 1. The van der Waals surface area contributed by atoms with Crippen molar-refractivity contribution in [2.75, 3.05) is 13.1 Å². The molecule has 4 aliphatic rings. The number of allylic oxidation sites excluding steroid dienone is 1. The number of thioether (sulfide) groups is 1. The molecule has 0 aliphatic carbocycles. The molecule has 3 fully saturated rings. The van der Waals surface area contributed by atoms with E-state index in [2.05, 4.69) is 24.1 Å². The van der Waals surface area contributed by atoms with Gasteiger partial charge in [-0.25, -0.2) is 0 Å². The Labute approximate surface area is 177 Å². The van der Waals surface area contributed by atoms with Crippen LogP contribution in [0.2, 0.25) is 0 Å². The van der Waals surface area contributed by atoms with Crippen molar-refractivity contribution in [1.82, 2.24) is 15.5 Å². The van der Waals surface area contributed by atoms with Gasteiger partial charge in [0.2, 0.25) is 11.8 Å². The van der Waals surface area contributed by atoms with Crippen LogP contribution in [0.15, 0.2) is 23.1 Å². The predicted molar refractivity (Wildman–Crippen MR) is 114 cm³/mol. The normalized spacial score (nSPS) is 33.3. The van der Waals surface area contributed by atoms with Crippen LogP contribution in [0.5, 0.6) is 0 Å². The molecule has 4 aliphatic heterocycles. The summed E-state index contributed by atoms with van der Waals surface area (Å²) in [5.41, 5.74) is 1.18. The molecule has 0 bridgehead atoms. The van der Waals surface area contributed by atoms with Gasteiger partial charge in [0.05, 0.1) is 10.9 Å². The molecule has 29 heavy (non-hydrogen) atoms. The van der Waals surface area contributed by atoms with E-state index in [9.17, 15) is 9.59 Å². The van der Waals surface area contributed by atoms with Gasteiger partial charge < -0.3 is 20.5 Å². The lowest BCUT2D eigenvalue weighted by Gasteiger charge is -2.36. The first-order valence-electron chi connectivity index (χ1n) is 10.5. The molecule has 0 saturated carbocycles. The standard InChI is InChI=1S/C18H25N3O3S.C3H8O/c1-10-15-7-16(23)21(15)18(24-9-22)17(10)25-14-6-13(20-8-14)5-12-3-4-19-11(12)2;1-3(2)4/h9-10,12-15,19-20H,2-8H2,1H3;3-4H,1-2H3/t10?,12?,13-,14?,15?;/m1./s1. The fourth-order valence-corrected chi connectivity index (χ4v) is 5.96. The molecule has 4 unspecified atom stereocenters. The van der Waals surface area contributed by atoms with Crippen LogP contribution in [0, 0.1) is 11.8 Å². The first-order chi connectivity index (χ1) is 13.8. The summed E-state index contributed by atoms with van der Waals surface area (Å²) in [5.74, 6) is 1.35. The summed E-state index contributed by atoms with van der Waals surface area (Å²) >= 11 is 1.78. The molecule has 5 atom stereocenters. The Bertz CT molecular complexity index is 678.